The first-order chi connectivity index (χ1) is 11.8. The molecule has 140 valence electrons. The molecular weight excluding hydrogens is 369 g/mol. The number of hydrogen-bond acceptors (Lipinski definition) is 3. The summed E-state index contributed by atoms with van der Waals surface area (Å²) in [6.45, 7) is 12.3. The van der Waals surface area contributed by atoms with Gasteiger partial charge in [-0.25, -0.2) is 0 Å². The largest absolute Gasteiger partial charge is 0.507 e. The molecule has 0 amide bonds. The molecule has 2 aromatic rings. The topological polar surface area (TPSA) is 52.8 Å². The van der Waals surface area contributed by atoms with Gasteiger partial charge in [-0.15, -0.1) is 0 Å². The van der Waals surface area contributed by atoms with Gasteiger partial charge in [0.1, 0.15) is 11.5 Å². The SMILES string of the molecule is CC(C)(C)c1cc(N=Cc2cc(Cl)cc(Cl)c2O)cc(C(C)(C)C)c1O. The third kappa shape index (κ3) is 4.52. The molecule has 0 fully saturated rings. The molecule has 0 saturated carbocycles. The lowest BCUT2D eigenvalue weighted by Crippen LogP contribution is -2.16. The highest BCUT2D eigenvalue weighted by atomic mass is 35.5. The Morgan fingerprint density at radius 3 is 1.77 bits per heavy atom. The van der Waals surface area contributed by atoms with Crippen molar-refractivity contribution in [2.75, 3.05) is 0 Å². The lowest BCUT2D eigenvalue weighted by atomic mass is 9.79. The fraction of sp³-hybridized carbons (Fsp3) is 0.381. The number of nitrogens with zero attached hydrogens (tertiary/aromatic N) is 1. The number of benzene rings is 2. The van der Waals surface area contributed by atoms with Crippen LogP contribution in [0.25, 0.3) is 0 Å². The second-order valence-corrected chi connectivity index (χ2v) is 9.32. The molecule has 0 atom stereocenters. The molecule has 26 heavy (non-hydrogen) atoms. The minimum absolute atomic E-state index is 0.0642. The molecule has 0 unspecified atom stereocenters. The molecule has 2 aromatic carbocycles. The molecule has 5 heteroatoms. The van der Waals surface area contributed by atoms with Crippen LogP contribution in [0.15, 0.2) is 29.3 Å². The molecule has 0 aliphatic heterocycles. The maximum absolute atomic E-state index is 10.8. The van der Waals surface area contributed by atoms with Gasteiger partial charge in [-0.1, -0.05) is 64.7 Å². The number of halogens is 2. The Balaban J connectivity index is 2.60. The van der Waals surface area contributed by atoms with Gasteiger partial charge in [-0.05, 0) is 35.1 Å². The van der Waals surface area contributed by atoms with Gasteiger partial charge in [-0.2, -0.15) is 0 Å². The molecule has 0 aliphatic carbocycles. The van der Waals surface area contributed by atoms with Crippen LogP contribution >= 0.6 is 23.2 Å². The number of aromatic hydroxyl groups is 2. The first kappa shape index (κ1) is 20.6. The lowest BCUT2D eigenvalue weighted by molar-refractivity contribution is 0.423. The van der Waals surface area contributed by atoms with Gasteiger partial charge in [-0.3, -0.25) is 4.99 Å². The maximum Gasteiger partial charge on any atom is 0.143 e. The summed E-state index contributed by atoms with van der Waals surface area (Å²) in [4.78, 5) is 4.50. The van der Waals surface area contributed by atoms with Crippen LogP contribution in [0.4, 0.5) is 5.69 Å². The quantitative estimate of drug-likeness (QED) is 0.554. The standard InChI is InChI=1S/C21H25Cl2NO2/c1-20(2,3)15-9-14(10-16(19(15)26)21(4,5)6)24-11-12-7-13(22)8-17(23)18(12)25/h7-11,25-26H,1-6H3. The second kappa shape index (κ2) is 7.13. The highest BCUT2D eigenvalue weighted by molar-refractivity contribution is 6.36. The second-order valence-electron chi connectivity index (χ2n) is 8.47. The Bertz CT molecular complexity index is 825. The van der Waals surface area contributed by atoms with E-state index in [1.165, 1.54) is 12.3 Å². The van der Waals surface area contributed by atoms with Crippen LogP contribution in [0.3, 0.4) is 0 Å². The van der Waals surface area contributed by atoms with Crippen molar-refractivity contribution < 1.29 is 10.2 Å². The fourth-order valence-corrected chi connectivity index (χ4v) is 3.17. The van der Waals surface area contributed by atoms with Crippen LogP contribution < -0.4 is 0 Å². The van der Waals surface area contributed by atoms with Crippen molar-refractivity contribution >= 4 is 35.1 Å². The predicted octanol–water partition coefficient (Wildman–Crippen LogP) is 6.75. The predicted molar refractivity (Wildman–Crippen MR) is 111 cm³/mol. The fourth-order valence-electron chi connectivity index (χ4n) is 2.67. The molecule has 0 spiro atoms. The van der Waals surface area contributed by atoms with Gasteiger partial charge in [0.25, 0.3) is 0 Å². The van der Waals surface area contributed by atoms with Crippen LogP contribution in [0, 0.1) is 0 Å². The van der Waals surface area contributed by atoms with E-state index in [1.54, 1.807) is 6.07 Å². The summed E-state index contributed by atoms with van der Waals surface area (Å²) in [7, 11) is 0. The summed E-state index contributed by atoms with van der Waals surface area (Å²) in [5.74, 6) is 0.239. The van der Waals surface area contributed by atoms with Gasteiger partial charge in [0.05, 0.1) is 10.7 Å². The summed E-state index contributed by atoms with van der Waals surface area (Å²) in [6.07, 6.45) is 1.53. The molecule has 0 saturated heterocycles. The highest BCUT2D eigenvalue weighted by Crippen LogP contribution is 2.41. The van der Waals surface area contributed by atoms with Crippen molar-refractivity contribution in [1.29, 1.82) is 0 Å². The van der Waals surface area contributed by atoms with E-state index in [4.69, 9.17) is 23.2 Å². The minimum atomic E-state index is -0.239. The zero-order valence-corrected chi connectivity index (χ0v) is 17.5. The Kier molecular flexibility index (Phi) is 5.65. The number of aliphatic imine (C=N–C) groups is 1. The number of phenols is 2. The number of hydrogen-bond donors (Lipinski definition) is 2. The smallest absolute Gasteiger partial charge is 0.143 e. The van der Waals surface area contributed by atoms with Crippen LogP contribution in [0.2, 0.25) is 10.0 Å². The van der Waals surface area contributed by atoms with Gasteiger partial charge >= 0.3 is 0 Å². The molecule has 3 nitrogen and oxygen atoms in total. The van der Waals surface area contributed by atoms with Gasteiger partial charge in [0.15, 0.2) is 0 Å². The van der Waals surface area contributed by atoms with E-state index in [0.29, 0.717) is 22.0 Å². The molecule has 0 heterocycles. The Labute approximate surface area is 165 Å². The summed E-state index contributed by atoms with van der Waals surface area (Å²) in [5, 5.41) is 21.4. The monoisotopic (exact) mass is 393 g/mol. The molecule has 0 bridgehead atoms. The number of phenolic OH excluding ortho intramolecular Hbond substituents is 2. The summed E-state index contributed by atoms with van der Waals surface area (Å²) in [6, 6.07) is 6.81. The van der Waals surface area contributed by atoms with Crippen LogP contribution in [0.1, 0.15) is 58.2 Å². The normalized spacial score (nSPS) is 12.8. The minimum Gasteiger partial charge on any atom is -0.507 e. The van der Waals surface area contributed by atoms with E-state index in [-0.39, 0.29) is 21.6 Å². The summed E-state index contributed by atoms with van der Waals surface area (Å²) in [5.41, 5.74) is 2.29. The van der Waals surface area contributed by atoms with Crippen molar-refractivity contribution in [3.8, 4) is 11.5 Å². The first-order valence-electron chi connectivity index (χ1n) is 8.41. The molecule has 0 radical (unpaired) electrons. The third-order valence-corrected chi connectivity index (χ3v) is 4.63. The zero-order chi connectivity index (χ0) is 19.9. The van der Waals surface area contributed by atoms with Crippen molar-refractivity contribution in [3.05, 3.63) is 51.0 Å². The van der Waals surface area contributed by atoms with Gasteiger partial charge in [0.2, 0.25) is 0 Å². The van der Waals surface area contributed by atoms with E-state index in [2.05, 4.69) is 4.99 Å². The van der Waals surface area contributed by atoms with Crippen molar-refractivity contribution in [3.63, 3.8) is 0 Å². The molecular formula is C21H25Cl2NO2. The Morgan fingerprint density at radius 2 is 1.31 bits per heavy atom. The van der Waals surface area contributed by atoms with Crippen molar-refractivity contribution in [2.45, 2.75) is 52.4 Å². The van der Waals surface area contributed by atoms with Crippen molar-refractivity contribution in [1.82, 2.24) is 0 Å². The molecule has 0 aromatic heterocycles. The van der Waals surface area contributed by atoms with Crippen molar-refractivity contribution in [2.24, 2.45) is 4.99 Å². The summed E-state index contributed by atoms with van der Waals surface area (Å²) < 4.78 is 0. The van der Waals surface area contributed by atoms with Gasteiger partial charge < -0.3 is 10.2 Å². The average Bonchev–Trinajstić information content (AvgIpc) is 2.48. The maximum atomic E-state index is 10.8. The van der Waals surface area contributed by atoms with E-state index in [0.717, 1.165) is 11.1 Å². The third-order valence-electron chi connectivity index (χ3n) is 4.12. The van der Waals surface area contributed by atoms with Crippen LogP contribution in [-0.4, -0.2) is 16.4 Å². The zero-order valence-electron chi connectivity index (χ0n) is 16.0. The Hall–Kier alpha value is -1.71. The average molecular weight is 394 g/mol. The van der Waals surface area contributed by atoms with Gasteiger partial charge in [0, 0.05) is 27.9 Å². The van der Waals surface area contributed by atoms with Crippen LogP contribution in [-0.2, 0) is 10.8 Å². The first-order valence-corrected chi connectivity index (χ1v) is 9.16. The lowest BCUT2D eigenvalue weighted by Gasteiger charge is -2.27. The van der Waals surface area contributed by atoms with E-state index >= 15 is 0 Å². The Morgan fingerprint density at radius 1 is 0.808 bits per heavy atom. The van der Waals surface area contributed by atoms with E-state index < -0.39 is 0 Å². The molecule has 2 N–H and O–H groups in total. The van der Waals surface area contributed by atoms with Crippen LogP contribution in [0.5, 0.6) is 11.5 Å². The molecule has 0 aliphatic rings. The highest BCUT2D eigenvalue weighted by Gasteiger charge is 2.26. The van der Waals surface area contributed by atoms with E-state index in [1.807, 2.05) is 53.7 Å². The summed E-state index contributed by atoms with van der Waals surface area (Å²) >= 11 is 12.0. The number of rotatable bonds is 2. The molecule has 2 rings (SSSR count). The van der Waals surface area contributed by atoms with E-state index in [9.17, 15) is 10.2 Å².